The molecule has 0 saturated carbocycles. The van der Waals surface area contributed by atoms with Crippen LogP contribution in [0, 0.1) is 5.41 Å². The van der Waals surface area contributed by atoms with E-state index in [4.69, 9.17) is 10.2 Å². The van der Waals surface area contributed by atoms with Gasteiger partial charge in [0.05, 0.1) is 5.56 Å². The third kappa shape index (κ3) is 8.77. The summed E-state index contributed by atoms with van der Waals surface area (Å²) >= 11 is 0. The van der Waals surface area contributed by atoms with Crippen molar-refractivity contribution in [1.82, 2.24) is 9.80 Å². The van der Waals surface area contributed by atoms with Gasteiger partial charge in [-0.25, -0.2) is 4.79 Å². The van der Waals surface area contributed by atoms with Crippen LogP contribution in [0.5, 0.6) is 0 Å². The molecule has 0 unspecified atom stereocenters. The Kier molecular flexibility index (Phi) is 9.77. The summed E-state index contributed by atoms with van der Waals surface area (Å²) in [6, 6.07) is 3.55. The molecule has 1 spiro atoms. The Bertz CT molecular complexity index is 993. The summed E-state index contributed by atoms with van der Waals surface area (Å²) in [6.45, 7) is 1.08. The Morgan fingerprint density at radius 3 is 2.10 bits per heavy atom. The number of likely N-dealkylation sites (tertiary alicyclic amines) is 2. The number of anilines is 1. The van der Waals surface area contributed by atoms with Crippen molar-refractivity contribution in [2.75, 3.05) is 38.0 Å². The van der Waals surface area contributed by atoms with Crippen molar-refractivity contribution in [3.63, 3.8) is 0 Å². The number of ether oxygens (including phenoxy) is 1. The Hall–Kier alpha value is -2.46. The van der Waals surface area contributed by atoms with Gasteiger partial charge in [0.15, 0.2) is 6.29 Å². The third-order valence-corrected chi connectivity index (χ3v) is 7.11. The van der Waals surface area contributed by atoms with Gasteiger partial charge in [0.2, 0.25) is 0 Å². The SMILES string of the molecule is O=C(OC(C(F)(F)F)C(F)(F)F)N1CCC2(CCN(Cc3cc(NCCCC(O)O)cc(C(F)(F)F)c3)C2)CC1. The number of alkyl halides is 9. The Balaban J connectivity index is 1.59. The maximum atomic E-state index is 13.5. The van der Waals surface area contributed by atoms with Crippen molar-refractivity contribution in [3.8, 4) is 0 Å². The lowest BCUT2D eigenvalue weighted by molar-refractivity contribution is -0.308. The first-order chi connectivity index (χ1) is 18.4. The molecular formula is C24H30F9N3O4. The molecule has 16 heteroatoms. The van der Waals surface area contributed by atoms with E-state index in [2.05, 4.69) is 10.1 Å². The smallest absolute Gasteiger partial charge is 0.426 e. The molecule has 0 bridgehead atoms. The average molecular weight is 596 g/mol. The zero-order chi connectivity index (χ0) is 29.9. The highest BCUT2D eigenvalue weighted by atomic mass is 19.4. The van der Waals surface area contributed by atoms with Crippen LogP contribution >= 0.6 is 0 Å². The van der Waals surface area contributed by atoms with E-state index in [0.717, 1.165) is 17.0 Å². The van der Waals surface area contributed by atoms with Crippen LogP contribution in [0.2, 0.25) is 0 Å². The molecule has 0 radical (unpaired) electrons. The third-order valence-electron chi connectivity index (χ3n) is 7.11. The van der Waals surface area contributed by atoms with E-state index in [-0.39, 0.29) is 51.1 Å². The summed E-state index contributed by atoms with van der Waals surface area (Å²) < 4.78 is 121. The summed E-state index contributed by atoms with van der Waals surface area (Å²) in [4.78, 5) is 14.8. The Morgan fingerprint density at radius 2 is 1.55 bits per heavy atom. The first-order valence-corrected chi connectivity index (χ1v) is 12.5. The fourth-order valence-corrected chi connectivity index (χ4v) is 5.05. The van der Waals surface area contributed by atoms with Crippen molar-refractivity contribution >= 4 is 11.8 Å². The number of benzene rings is 1. The van der Waals surface area contributed by atoms with Gasteiger partial charge >= 0.3 is 24.6 Å². The monoisotopic (exact) mass is 595 g/mol. The zero-order valence-corrected chi connectivity index (χ0v) is 21.2. The highest BCUT2D eigenvalue weighted by Gasteiger charge is 2.60. The van der Waals surface area contributed by atoms with Gasteiger partial charge in [-0.05, 0) is 67.8 Å². The fourth-order valence-electron chi connectivity index (χ4n) is 5.05. The summed E-state index contributed by atoms with van der Waals surface area (Å²) in [5.41, 5.74) is -0.652. The number of nitrogens with one attached hydrogen (secondary N) is 1. The van der Waals surface area contributed by atoms with Gasteiger partial charge in [-0.2, -0.15) is 39.5 Å². The van der Waals surface area contributed by atoms with Gasteiger partial charge in [0, 0.05) is 38.4 Å². The van der Waals surface area contributed by atoms with Crippen LogP contribution in [0.4, 0.5) is 50.0 Å². The molecule has 2 fully saturated rings. The molecule has 40 heavy (non-hydrogen) atoms. The molecule has 0 atom stereocenters. The number of amides is 1. The van der Waals surface area contributed by atoms with E-state index in [9.17, 15) is 44.3 Å². The first kappa shape index (κ1) is 32.1. The molecule has 3 N–H and O–H groups in total. The van der Waals surface area contributed by atoms with E-state index < -0.39 is 48.0 Å². The van der Waals surface area contributed by atoms with Gasteiger partial charge in [0.25, 0.3) is 6.10 Å². The van der Waals surface area contributed by atoms with E-state index >= 15 is 0 Å². The first-order valence-electron chi connectivity index (χ1n) is 12.5. The number of carbonyl (C=O) groups excluding carboxylic acids is 1. The van der Waals surface area contributed by atoms with Crippen LogP contribution in [0.1, 0.15) is 43.2 Å². The van der Waals surface area contributed by atoms with Crippen molar-refractivity contribution in [2.24, 2.45) is 5.41 Å². The Morgan fingerprint density at radius 1 is 0.950 bits per heavy atom. The minimum atomic E-state index is -5.81. The summed E-state index contributed by atoms with van der Waals surface area (Å²) in [7, 11) is 0. The molecule has 2 heterocycles. The predicted octanol–water partition coefficient (Wildman–Crippen LogP) is 5.13. The average Bonchev–Trinajstić information content (AvgIpc) is 3.20. The predicted molar refractivity (Wildman–Crippen MR) is 123 cm³/mol. The second-order valence-electron chi connectivity index (χ2n) is 10.3. The number of halogens is 9. The molecule has 0 aromatic heterocycles. The summed E-state index contributed by atoms with van der Waals surface area (Å²) in [5, 5.41) is 20.7. The van der Waals surface area contributed by atoms with Gasteiger partial charge in [0.1, 0.15) is 0 Å². The number of hydrogen-bond acceptors (Lipinski definition) is 6. The van der Waals surface area contributed by atoms with E-state index in [1.807, 2.05) is 4.90 Å². The van der Waals surface area contributed by atoms with Gasteiger partial charge in [-0.1, -0.05) is 0 Å². The molecule has 0 aliphatic carbocycles. The van der Waals surface area contributed by atoms with Crippen LogP contribution in [-0.2, 0) is 17.5 Å². The molecule has 3 rings (SSSR count). The van der Waals surface area contributed by atoms with Gasteiger partial charge in [-0.15, -0.1) is 0 Å². The summed E-state index contributed by atoms with van der Waals surface area (Å²) in [5.74, 6) is 0. The molecule has 1 aromatic rings. The number of hydrogen-bond donors (Lipinski definition) is 3. The molecule has 2 aliphatic rings. The van der Waals surface area contributed by atoms with Gasteiger partial charge < -0.3 is 25.2 Å². The molecule has 1 amide bonds. The molecule has 2 aliphatic heterocycles. The second-order valence-corrected chi connectivity index (χ2v) is 10.3. The quantitative estimate of drug-likeness (QED) is 0.220. The molecule has 2 saturated heterocycles. The number of rotatable bonds is 8. The maximum Gasteiger partial charge on any atom is 0.434 e. The number of aliphatic hydroxyl groups is 2. The minimum Gasteiger partial charge on any atom is -0.426 e. The van der Waals surface area contributed by atoms with Crippen LogP contribution in [0.25, 0.3) is 0 Å². The summed E-state index contributed by atoms with van der Waals surface area (Å²) in [6.07, 6.45) is -22.1. The topological polar surface area (TPSA) is 85.3 Å². The largest absolute Gasteiger partial charge is 0.434 e. The van der Waals surface area contributed by atoms with Crippen molar-refractivity contribution in [3.05, 3.63) is 29.3 Å². The normalized spacial score (nSPS) is 18.7. The Labute approximate surface area is 223 Å². The fraction of sp³-hybridized carbons (Fsp3) is 0.708. The second kappa shape index (κ2) is 12.2. The molecular weight excluding hydrogens is 565 g/mol. The standard InChI is InChI=1S/C24H30F9N3O4/c25-22(26,27)16-10-15(11-17(12-16)34-6-1-2-18(37)38)13-35-7-3-21(14-35)4-8-36(9-5-21)20(39)40-19(23(28,29)30)24(31,32)33/h10-12,18-19,34,37-38H,1-9,13-14H2. The maximum absolute atomic E-state index is 13.5. The van der Waals surface area contributed by atoms with Crippen LogP contribution < -0.4 is 5.32 Å². The molecule has 7 nitrogen and oxygen atoms in total. The van der Waals surface area contributed by atoms with E-state index in [1.54, 1.807) is 6.07 Å². The highest BCUT2D eigenvalue weighted by molar-refractivity contribution is 5.68. The molecule has 1 aromatic carbocycles. The lowest BCUT2D eigenvalue weighted by atomic mass is 9.78. The van der Waals surface area contributed by atoms with Crippen molar-refractivity contribution < 1.29 is 59.3 Å². The van der Waals surface area contributed by atoms with E-state index in [0.29, 0.717) is 31.5 Å². The van der Waals surface area contributed by atoms with Gasteiger partial charge in [-0.3, -0.25) is 4.90 Å². The number of carbonyl (C=O) groups is 1. The van der Waals surface area contributed by atoms with E-state index in [1.165, 1.54) is 0 Å². The number of nitrogens with zero attached hydrogens (tertiary/aromatic N) is 2. The van der Waals surface area contributed by atoms with Crippen LogP contribution in [0.3, 0.4) is 0 Å². The zero-order valence-electron chi connectivity index (χ0n) is 21.2. The number of piperidine rings is 1. The van der Waals surface area contributed by atoms with Crippen LogP contribution in [0.15, 0.2) is 18.2 Å². The molecule has 228 valence electrons. The number of aliphatic hydroxyl groups excluding tert-OH is 1. The van der Waals surface area contributed by atoms with Crippen LogP contribution in [-0.4, -0.2) is 83.6 Å². The highest BCUT2D eigenvalue weighted by Crippen LogP contribution is 2.42. The lowest BCUT2D eigenvalue weighted by Crippen LogP contribution is -2.50. The van der Waals surface area contributed by atoms with Crippen molar-refractivity contribution in [1.29, 1.82) is 0 Å². The van der Waals surface area contributed by atoms with Crippen molar-refractivity contribution in [2.45, 2.75) is 69.6 Å². The lowest BCUT2D eigenvalue weighted by Gasteiger charge is -2.39. The minimum absolute atomic E-state index is 0.0507.